The fraction of sp³-hybridized carbons (Fsp3) is 0.167. The molecule has 0 aliphatic heterocycles. The lowest BCUT2D eigenvalue weighted by Crippen LogP contribution is -2.42. The number of hydrogen-bond acceptors (Lipinski definition) is 6. The van der Waals surface area contributed by atoms with Crippen molar-refractivity contribution >= 4 is 20.9 Å². The number of hydrogen-bond donors (Lipinski definition) is 1. The standard InChI is InChI=1S/C24H16F4N6O2S/c1-13-7-21-17(8-19(13)25)18(10-30)23(34(21)22-6-3-15(9-29)11-32-22)20-5-4-16(12-31-20)37(35,36)33-14(2)24(26,27)28/h3-8,11-12,14,33H,1-2H3/t14-/m0/s1. The fourth-order valence-electron chi connectivity index (χ4n) is 3.64. The highest BCUT2D eigenvalue weighted by Gasteiger charge is 2.39. The van der Waals surface area contributed by atoms with Crippen molar-refractivity contribution in [3.8, 4) is 29.3 Å². The van der Waals surface area contributed by atoms with Crippen LogP contribution < -0.4 is 4.72 Å². The lowest BCUT2D eigenvalue weighted by atomic mass is 10.1. The van der Waals surface area contributed by atoms with Crippen LogP contribution in [0.15, 0.2) is 53.7 Å². The molecule has 3 heterocycles. The summed E-state index contributed by atoms with van der Waals surface area (Å²) < 4.78 is 80.9. The molecule has 0 fully saturated rings. The average molecular weight is 528 g/mol. The van der Waals surface area contributed by atoms with Crippen molar-refractivity contribution in [2.75, 3.05) is 0 Å². The SMILES string of the molecule is Cc1cc2c(cc1F)c(C#N)c(-c1ccc(S(=O)(=O)N[C@@H](C)C(F)(F)F)cn1)n2-c1ccc(C#N)cn1. The number of nitriles is 2. The van der Waals surface area contributed by atoms with E-state index in [1.165, 1.54) is 48.0 Å². The van der Waals surface area contributed by atoms with E-state index >= 15 is 0 Å². The molecule has 1 aromatic carbocycles. The molecule has 0 unspecified atom stereocenters. The quantitative estimate of drug-likeness (QED) is 0.380. The number of pyridine rings is 2. The Hall–Kier alpha value is -4.33. The number of halogens is 4. The van der Waals surface area contributed by atoms with Crippen molar-refractivity contribution in [2.24, 2.45) is 0 Å². The van der Waals surface area contributed by atoms with Gasteiger partial charge < -0.3 is 0 Å². The van der Waals surface area contributed by atoms with Crippen LogP contribution >= 0.6 is 0 Å². The van der Waals surface area contributed by atoms with Crippen LogP contribution in [0.3, 0.4) is 0 Å². The van der Waals surface area contributed by atoms with Gasteiger partial charge in [-0.2, -0.15) is 28.4 Å². The lowest BCUT2D eigenvalue weighted by Gasteiger charge is -2.17. The van der Waals surface area contributed by atoms with E-state index in [0.29, 0.717) is 12.4 Å². The number of nitrogens with zero attached hydrogens (tertiary/aromatic N) is 5. The molecule has 0 saturated heterocycles. The summed E-state index contributed by atoms with van der Waals surface area (Å²) in [6.07, 6.45) is -2.61. The minimum absolute atomic E-state index is 0.0204. The number of alkyl halides is 3. The number of benzene rings is 1. The molecule has 3 aromatic heterocycles. The number of sulfonamides is 1. The van der Waals surface area contributed by atoms with Gasteiger partial charge in [0.05, 0.1) is 28.0 Å². The Balaban J connectivity index is 1.92. The number of aryl methyl sites for hydroxylation is 1. The summed E-state index contributed by atoms with van der Waals surface area (Å²) in [6, 6.07) is 9.63. The highest BCUT2D eigenvalue weighted by molar-refractivity contribution is 7.89. The zero-order valence-electron chi connectivity index (χ0n) is 19.2. The third-order valence-corrected chi connectivity index (χ3v) is 7.10. The van der Waals surface area contributed by atoms with Crippen molar-refractivity contribution in [1.29, 1.82) is 10.5 Å². The minimum Gasteiger partial charge on any atom is -0.291 e. The van der Waals surface area contributed by atoms with Crippen LogP contribution in [0.5, 0.6) is 0 Å². The van der Waals surface area contributed by atoms with Gasteiger partial charge in [0.2, 0.25) is 10.0 Å². The first kappa shape index (κ1) is 25.8. The zero-order valence-corrected chi connectivity index (χ0v) is 20.0. The van der Waals surface area contributed by atoms with Gasteiger partial charge in [0, 0.05) is 17.8 Å². The highest BCUT2D eigenvalue weighted by atomic mass is 32.2. The first-order chi connectivity index (χ1) is 17.4. The molecule has 1 atom stereocenters. The topological polar surface area (TPSA) is 124 Å². The molecule has 4 aromatic rings. The lowest BCUT2D eigenvalue weighted by molar-refractivity contribution is -0.147. The van der Waals surface area contributed by atoms with Crippen molar-refractivity contribution in [1.82, 2.24) is 19.3 Å². The molecule has 188 valence electrons. The Morgan fingerprint density at radius 1 is 1.05 bits per heavy atom. The van der Waals surface area contributed by atoms with Gasteiger partial charge in [-0.15, -0.1) is 0 Å². The molecular weight excluding hydrogens is 512 g/mol. The Morgan fingerprint density at radius 3 is 2.32 bits per heavy atom. The second-order valence-electron chi connectivity index (χ2n) is 8.07. The predicted octanol–water partition coefficient (Wildman–Crippen LogP) is 4.51. The Morgan fingerprint density at radius 2 is 1.78 bits per heavy atom. The smallest absolute Gasteiger partial charge is 0.291 e. The molecule has 0 spiro atoms. The Bertz CT molecular complexity index is 1700. The molecule has 8 nitrogen and oxygen atoms in total. The fourth-order valence-corrected chi connectivity index (χ4v) is 4.81. The van der Waals surface area contributed by atoms with Crippen molar-refractivity contribution in [3.63, 3.8) is 0 Å². The summed E-state index contributed by atoms with van der Waals surface area (Å²) >= 11 is 0. The van der Waals surface area contributed by atoms with E-state index in [9.17, 15) is 31.2 Å². The van der Waals surface area contributed by atoms with E-state index in [1.807, 2.05) is 12.1 Å². The van der Waals surface area contributed by atoms with Gasteiger partial charge in [-0.25, -0.2) is 17.8 Å². The average Bonchev–Trinajstić information content (AvgIpc) is 3.16. The zero-order chi connectivity index (χ0) is 27.1. The van der Waals surface area contributed by atoms with Gasteiger partial charge >= 0.3 is 6.18 Å². The molecular formula is C24H16F4N6O2S. The number of rotatable bonds is 5. The maximum absolute atomic E-state index is 14.4. The van der Waals surface area contributed by atoms with Crippen molar-refractivity contribution < 1.29 is 26.0 Å². The molecule has 0 saturated carbocycles. The maximum atomic E-state index is 14.4. The van der Waals surface area contributed by atoms with E-state index in [-0.39, 0.29) is 39.3 Å². The maximum Gasteiger partial charge on any atom is 0.404 e. The summed E-state index contributed by atoms with van der Waals surface area (Å²) in [6.45, 7) is 2.21. The largest absolute Gasteiger partial charge is 0.404 e. The predicted molar refractivity (Wildman–Crippen MR) is 124 cm³/mol. The van der Waals surface area contributed by atoms with Crippen LogP contribution in [-0.2, 0) is 10.0 Å². The molecule has 0 aliphatic rings. The van der Waals surface area contributed by atoms with Gasteiger partial charge in [0.25, 0.3) is 0 Å². The molecule has 13 heteroatoms. The summed E-state index contributed by atoms with van der Waals surface area (Å²) in [4.78, 5) is 7.85. The number of nitrogens with one attached hydrogen (secondary N) is 1. The van der Waals surface area contributed by atoms with E-state index in [0.717, 1.165) is 12.3 Å². The monoisotopic (exact) mass is 528 g/mol. The molecule has 0 bridgehead atoms. The minimum atomic E-state index is -4.79. The van der Waals surface area contributed by atoms with Crippen LogP contribution in [0.25, 0.3) is 28.1 Å². The normalized spacial score (nSPS) is 12.8. The van der Waals surface area contributed by atoms with E-state index < -0.39 is 33.0 Å². The first-order valence-electron chi connectivity index (χ1n) is 10.5. The van der Waals surface area contributed by atoms with Gasteiger partial charge in [-0.3, -0.25) is 9.55 Å². The number of fused-ring (bicyclic) bond motifs is 1. The summed E-state index contributed by atoms with van der Waals surface area (Å²) in [5.74, 6) is -0.287. The van der Waals surface area contributed by atoms with Gasteiger partial charge in [0.15, 0.2) is 0 Å². The second kappa shape index (κ2) is 9.28. The van der Waals surface area contributed by atoms with Gasteiger partial charge in [-0.05, 0) is 55.8 Å². The molecule has 37 heavy (non-hydrogen) atoms. The Labute approximate surface area is 208 Å². The third-order valence-electron chi connectivity index (χ3n) is 5.58. The first-order valence-corrected chi connectivity index (χ1v) is 12.0. The molecule has 0 radical (unpaired) electrons. The van der Waals surface area contributed by atoms with E-state index in [2.05, 4.69) is 9.97 Å². The molecule has 0 aliphatic carbocycles. The Kier molecular flexibility index (Phi) is 6.46. The van der Waals surface area contributed by atoms with Gasteiger partial charge in [0.1, 0.15) is 34.7 Å². The van der Waals surface area contributed by atoms with E-state index in [4.69, 9.17) is 5.26 Å². The van der Waals surface area contributed by atoms with Crippen LogP contribution in [0.2, 0.25) is 0 Å². The molecule has 1 N–H and O–H groups in total. The molecule has 0 amide bonds. The van der Waals surface area contributed by atoms with Crippen LogP contribution in [0.1, 0.15) is 23.6 Å². The summed E-state index contributed by atoms with van der Waals surface area (Å²) in [5.41, 5.74) is 1.22. The number of aromatic nitrogens is 3. The molecule has 4 rings (SSSR count). The van der Waals surface area contributed by atoms with E-state index in [1.54, 1.807) is 4.72 Å². The van der Waals surface area contributed by atoms with Crippen molar-refractivity contribution in [3.05, 3.63) is 71.3 Å². The summed E-state index contributed by atoms with van der Waals surface area (Å²) in [7, 11) is -4.56. The third kappa shape index (κ3) is 4.74. The second-order valence-corrected chi connectivity index (χ2v) is 9.78. The summed E-state index contributed by atoms with van der Waals surface area (Å²) in [5, 5.41) is 19.3. The highest BCUT2D eigenvalue weighted by Crippen LogP contribution is 2.36. The van der Waals surface area contributed by atoms with Crippen molar-refractivity contribution in [2.45, 2.75) is 31.0 Å². The van der Waals surface area contributed by atoms with Crippen LogP contribution in [0, 0.1) is 35.4 Å². The van der Waals surface area contributed by atoms with Crippen LogP contribution in [-0.4, -0.2) is 35.2 Å². The van der Waals surface area contributed by atoms with Gasteiger partial charge in [-0.1, -0.05) is 0 Å². The van der Waals surface area contributed by atoms with Crippen LogP contribution in [0.4, 0.5) is 17.6 Å².